The second-order valence-corrected chi connectivity index (χ2v) is 12.8. The van der Waals surface area contributed by atoms with Crippen LogP contribution in [-0.4, -0.2) is 49.7 Å². The number of carbonyl (C=O) groups excluding carboxylic acids is 4. The molecule has 3 aromatic carbocycles. The fourth-order valence-electron chi connectivity index (χ4n) is 7.49. The van der Waals surface area contributed by atoms with Crippen molar-refractivity contribution in [1.82, 2.24) is 0 Å². The van der Waals surface area contributed by atoms with Crippen molar-refractivity contribution in [3.8, 4) is 11.5 Å². The fourth-order valence-corrected chi connectivity index (χ4v) is 7.49. The molecule has 1 saturated heterocycles. The molecule has 48 heavy (non-hydrogen) atoms. The van der Waals surface area contributed by atoms with Crippen molar-refractivity contribution in [2.75, 3.05) is 31.0 Å². The molecule has 4 atom stereocenters. The number of ether oxygens (including phenoxy) is 1. The third-order valence-corrected chi connectivity index (χ3v) is 9.85. The molecular formula is C38H34N4O6. The lowest BCUT2D eigenvalue weighted by molar-refractivity contribution is -0.123. The van der Waals surface area contributed by atoms with Crippen LogP contribution in [0.3, 0.4) is 0 Å². The van der Waals surface area contributed by atoms with E-state index in [0.29, 0.717) is 45.8 Å². The maximum absolute atomic E-state index is 14.2. The first-order valence-electron chi connectivity index (χ1n) is 15.8. The van der Waals surface area contributed by atoms with Crippen LogP contribution in [-0.2, 0) is 19.2 Å². The smallest absolute Gasteiger partial charge is 0.238 e. The number of rotatable bonds is 6. The number of benzene rings is 3. The number of amides is 2. The number of methoxy groups -OCH3 is 1. The Bertz CT molecular complexity index is 2010. The highest BCUT2D eigenvalue weighted by Gasteiger charge is 2.56. The molecule has 0 saturated carbocycles. The second kappa shape index (κ2) is 11.9. The first-order chi connectivity index (χ1) is 23.1. The summed E-state index contributed by atoms with van der Waals surface area (Å²) in [6, 6.07) is 19.3. The van der Waals surface area contributed by atoms with Gasteiger partial charge in [-0.05, 0) is 98.0 Å². The van der Waals surface area contributed by atoms with Gasteiger partial charge in [-0.25, -0.2) is 0 Å². The summed E-state index contributed by atoms with van der Waals surface area (Å²) >= 11 is 0. The average molecular weight is 643 g/mol. The van der Waals surface area contributed by atoms with Crippen LogP contribution in [0, 0.1) is 17.8 Å². The monoisotopic (exact) mass is 642 g/mol. The van der Waals surface area contributed by atoms with Crippen molar-refractivity contribution < 1.29 is 29.0 Å². The molecule has 10 heteroatoms. The van der Waals surface area contributed by atoms with Gasteiger partial charge in [-0.15, -0.1) is 0 Å². The van der Waals surface area contributed by atoms with Gasteiger partial charge in [0.1, 0.15) is 0 Å². The molecular weight excluding hydrogens is 608 g/mol. The SMILES string of the molecule is COc1cc(C2C3=CCC4C(=O)N(c5ccc(N=Nc6ccc(N(C)C)cc6)cc5)C(=O)C4C3CC3=C2C(=O)C=C(C)C3=O)ccc1O. The first kappa shape index (κ1) is 31.0. The summed E-state index contributed by atoms with van der Waals surface area (Å²) in [7, 11) is 5.37. The quantitative estimate of drug-likeness (QED) is 0.140. The molecule has 0 spiro atoms. The van der Waals surface area contributed by atoms with Crippen LogP contribution in [0.25, 0.3) is 0 Å². The molecule has 10 nitrogen and oxygen atoms in total. The number of fused-ring (bicyclic) bond motifs is 3. The van der Waals surface area contributed by atoms with Gasteiger partial charge in [0.15, 0.2) is 23.1 Å². The van der Waals surface area contributed by atoms with Crippen LogP contribution < -0.4 is 14.5 Å². The number of allylic oxidation sites excluding steroid dienone is 6. The number of ketones is 2. The molecule has 2 amide bonds. The number of aromatic hydroxyl groups is 1. The zero-order valence-electron chi connectivity index (χ0n) is 27.0. The molecule has 7 rings (SSSR count). The number of carbonyl (C=O) groups is 4. The number of nitrogens with zero attached hydrogens (tertiary/aromatic N) is 4. The molecule has 0 aromatic heterocycles. The number of phenolic OH excluding ortho intramolecular Hbond substituents is 1. The van der Waals surface area contributed by atoms with E-state index in [2.05, 4.69) is 10.2 Å². The molecule has 4 aliphatic rings. The molecule has 1 aliphatic heterocycles. The summed E-state index contributed by atoms with van der Waals surface area (Å²) < 4.78 is 5.37. The highest BCUT2D eigenvalue weighted by Crippen LogP contribution is 2.56. The van der Waals surface area contributed by atoms with Gasteiger partial charge in [0.05, 0.1) is 36.0 Å². The van der Waals surface area contributed by atoms with E-state index < -0.39 is 23.7 Å². The molecule has 3 aromatic rings. The third kappa shape index (κ3) is 5.04. The van der Waals surface area contributed by atoms with Gasteiger partial charge in [-0.1, -0.05) is 17.7 Å². The maximum Gasteiger partial charge on any atom is 0.238 e. The Morgan fingerprint density at radius 2 is 1.54 bits per heavy atom. The van der Waals surface area contributed by atoms with E-state index in [0.717, 1.165) is 11.3 Å². The Kier molecular flexibility index (Phi) is 7.66. The van der Waals surface area contributed by atoms with Crippen molar-refractivity contribution in [2.24, 2.45) is 28.0 Å². The minimum absolute atomic E-state index is 0.0550. The van der Waals surface area contributed by atoms with E-state index in [1.165, 1.54) is 24.2 Å². The van der Waals surface area contributed by atoms with Crippen molar-refractivity contribution in [2.45, 2.75) is 25.7 Å². The number of phenols is 1. The zero-order chi connectivity index (χ0) is 33.9. The summed E-state index contributed by atoms with van der Waals surface area (Å²) in [5.41, 5.74) is 5.35. The van der Waals surface area contributed by atoms with Gasteiger partial charge in [0, 0.05) is 42.4 Å². The minimum atomic E-state index is -0.702. The first-order valence-corrected chi connectivity index (χ1v) is 15.8. The van der Waals surface area contributed by atoms with Crippen LogP contribution >= 0.6 is 0 Å². The van der Waals surface area contributed by atoms with Crippen molar-refractivity contribution in [1.29, 1.82) is 0 Å². The Morgan fingerprint density at radius 3 is 2.19 bits per heavy atom. The van der Waals surface area contributed by atoms with Gasteiger partial charge in [-0.3, -0.25) is 24.1 Å². The summed E-state index contributed by atoms with van der Waals surface area (Å²) in [5.74, 6) is -3.32. The summed E-state index contributed by atoms with van der Waals surface area (Å²) in [6.07, 6.45) is 3.84. The highest BCUT2D eigenvalue weighted by molar-refractivity contribution is 6.25. The van der Waals surface area contributed by atoms with E-state index in [-0.39, 0.29) is 41.3 Å². The van der Waals surface area contributed by atoms with Crippen LogP contribution in [0.1, 0.15) is 31.2 Å². The van der Waals surface area contributed by atoms with E-state index in [4.69, 9.17) is 4.74 Å². The second-order valence-electron chi connectivity index (χ2n) is 12.8. The van der Waals surface area contributed by atoms with E-state index in [1.807, 2.05) is 49.3 Å². The molecule has 1 fully saturated rings. The molecule has 4 unspecified atom stereocenters. The molecule has 1 N–H and O–H groups in total. The van der Waals surface area contributed by atoms with Crippen molar-refractivity contribution in [3.63, 3.8) is 0 Å². The van der Waals surface area contributed by atoms with Crippen LogP contribution in [0.4, 0.5) is 22.7 Å². The maximum atomic E-state index is 14.2. The number of imide groups is 1. The topological polar surface area (TPSA) is 129 Å². The Balaban J connectivity index is 1.20. The lowest BCUT2D eigenvalue weighted by atomic mass is 9.59. The third-order valence-electron chi connectivity index (χ3n) is 9.85. The molecule has 0 radical (unpaired) electrons. The number of hydrogen-bond acceptors (Lipinski definition) is 9. The van der Waals surface area contributed by atoms with Crippen LogP contribution in [0.15, 0.2) is 111 Å². The minimum Gasteiger partial charge on any atom is -0.504 e. The molecule has 242 valence electrons. The normalized spacial score (nSPS) is 23.5. The van der Waals surface area contributed by atoms with E-state index in [9.17, 15) is 24.3 Å². The lowest BCUT2D eigenvalue weighted by Gasteiger charge is -2.42. The largest absolute Gasteiger partial charge is 0.504 e. The Hall–Kier alpha value is -5.64. The number of hydrogen-bond donors (Lipinski definition) is 1. The Morgan fingerprint density at radius 1 is 0.875 bits per heavy atom. The van der Waals surface area contributed by atoms with Gasteiger partial charge >= 0.3 is 0 Å². The van der Waals surface area contributed by atoms with Gasteiger partial charge in [0.25, 0.3) is 0 Å². The van der Waals surface area contributed by atoms with Gasteiger partial charge in [-0.2, -0.15) is 10.2 Å². The van der Waals surface area contributed by atoms with Crippen molar-refractivity contribution >= 4 is 46.1 Å². The van der Waals surface area contributed by atoms with Gasteiger partial charge < -0.3 is 14.7 Å². The summed E-state index contributed by atoms with van der Waals surface area (Å²) in [4.78, 5) is 58.4. The Labute approximate surface area is 277 Å². The zero-order valence-corrected chi connectivity index (χ0v) is 27.0. The molecule has 1 heterocycles. The van der Waals surface area contributed by atoms with Crippen LogP contribution in [0.2, 0.25) is 0 Å². The molecule has 3 aliphatic carbocycles. The van der Waals surface area contributed by atoms with Crippen molar-refractivity contribution in [3.05, 3.63) is 107 Å². The lowest BCUT2D eigenvalue weighted by Crippen LogP contribution is -2.39. The van der Waals surface area contributed by atoms with Crippen LogP contribution in [0.5, 0.6) is 11.5 Å². The summed E-state index contributed by atoms with van der Waals surface area (Å²) in [6.45, 7) is 1.62. The molecule has 0 bridgehead atoms. The number of anilines is 2. The van der Waals surface area contributed by atoms with E-state index >= 15 is 0 Å². The highest BCUT2D eigenvalue weighted by atomic mass is 16.5. The summed E-state index contributed by atoms with van der Waals surface area (Å²) in [5, 5.41) is 18.9. The van der Waals surface area contributed by atoms with E-state index in [1.54, 1.807) is 43.3 Å². The van der Waals surface area contributed by atoms with Gasteiger partial charge in [0.2, 0.25) is 11.8 Å². The predicted octanol–water partition coefficient (Wildman–Crippen LogP) is 6.52. The number of azo groups is 1. The average Bonchev–Trinajstić information content (AvgIpc) is 3.35. The standard InChI is InChI=1S/C38H34N4O6/c1-20-17-31(44)35-29(36(20)45)19-28-26(33(35)21-5-16-30(43)32(18-21)48-4)14-15-27-34(28)38(47)42(37(27)46)25-12-8-23(9-13-25)40-39-22-6-10-24(11-7-22)41(2)3/h5-14,16-18,27-28,33-34,43H,15,19H2,1-4H3. The predicted molar refractivity (Wildman–Crippen MR) is 180 cm³/mol. The number of Topliss-reactive ketones (excluding diaryl/α,β-unsaturated/α-hetero) is 1. The fraction of sp³-hybridized carbons (Fsp3) is 0.263.